The number of sulfone groups is 1. The Morgan fingerprint density at radius 3 is 2.59 bits per heavy atom. The van der Waals surface area contributed by atoms with Gasteiger partial charge in [0.1, 0.15) is 11.5 Å². The van der Waals surface area contributed by atoms with Gasteiger partial charge >= 0.3 is 0 Å². The number of ether oxygens (including phenoxy) is 2. The maximum atomic E-state index is 12.8. The van der Waals surface area contributed by atoms with Gasteiger partial charge in [0.2, 0.25) is 0 Å². The number of benzene rings is 1. The molecule has 2 heterocycles. The molecule has 1 aromatic rings. The van der Waals surface area contributed by atoms with Gasteiger partial charge in [-0.2, -0.15) is 0 Å². The number of amides is 1. The first-order valence-corrected chi connectivity index (χ1v) is 11.1. The van der Waals surface area contributed by atoms with E-state index in [4.69, 9.17) is 9.47 Å². The summed E-state index contributed by atoms with van der Waals surface area (Å²) in [5.41, 5.74) is 0. The standard InChI is InChI=1S/C19H28N2O5S/c1-14(2)10-20-7-8-21(18-13-27(23,24)12-17(18)20)19(22)11-26-16-6-4-5-15(9-16)25-3/h4-6,9,14,17-18H,7-8,10-13H2,1-3H3/t17-,18+/m1/s1. The second kappa shape index (κ2) is 8.06. The summed E-state index contributed by atoms with van der Waals surface area (Å²) in [5, 5.41) is 0. The van der Waals surface area contributed by atoms with Crippen molar-refractivity contribution in [2.45, 2.75) is 25.9 Å². The van der Waals surface area contributed by atoms with E-state index in [-0.39, 0.29) is 36.1 Å². The molecule has 2 atom stereocenters. The number of fused-ring (bicyclic) bond motifs is 1. The monoisotopic (exact) mass is 396 g/mol. The predicted molar refractivity (Wildman–Crippen MR) is 103 cm³/mol. The topological polar surface area (TPSA) is 76.2 Å². The molecule has 7 nitrogen and oxygen atoms in total. The zero-order valence-corrected chi connectivity index (χ0v) is 16.9. The average molecular weight is 397 g/mol. The first kappa shape index (κ1) is 19.9. The molecule has 0 aromatic heterocycles. The van der Waals surface area contributed by atoms with Crippen LogP contribution in [0.3, 0.4) is 0 Å². The third kappa shape index (κ3) is 4.73. The normalized spacial score (nSPS) is 24.7. The molecule has 0 spiro atoms. The second-order valence-electron chi connectivity index (χ2n) is 7.66. The van der Waals surface area contributed by atoms with Crippen molar-refractivity contribution in [2.75, 3.05) is 44.9 Å². The molecule has 150 valence electrons. The number of carbonyl (C=O) groups excluding carboxylic acids is 1. The lowest BCUT2D eigenvalue weighted by Crippen LogP contribution is -2.61. The summed E-state index contributed by atoms with van der Waals surface area (Å²) in [6.45, 7) is 6.21. The third-order valence-electron chi connectivity index (χ3n) is 5.11. The van der Waals surface area contributed by atoms with Gasteiger partial charge in [-0.05, 0) is 18.1 Å². The number of methoxy groups -OCH3 is 1. The Kier molecular flexibility index (Phi) is 5.95. The lowest BCUT2D eigenvalue weighted by Gasteiger charge is -2.44. The number of hydrogen-bond acceptors (Lipinski definition) is 6. The van der Waals surface area contributed by atoms with E-state index in [9.17, 15) is 13.2 Å². The highest BCUT2D eigenvalue weighted by molar-refractivity contribution is 7.91. The minimum absolute atomic E-state index is 0.0389. The lowest BCUT2D eigenvalue weighted by atomic mass is 10.0. The van der Waals surface area contributed by atoms with Crippen molar-refractivity contribution in [3.63, 3.8) is 0 Å². The molecule has 8 heteroatoms. The van der Waals surface area contributed by atoms with Gasteiger partial charge in [0.05, 0.1) is 24.7 Å². The van der Waals surface area contributed by atoms with Crippen molar-refractivity contribution < 1.29 is 22.7 Å². The van der Waals surface area contributed by atoms with Gasteiger partial charge < -0.3 is 14.4 Å². The fourth-order valence-corrected chi connectivity index (χ4v) is 5.96. The van der Waals surface area contributed by atoms with Crippen LogP contribution in [0.25, 0.3) is 0 Å². The van der Waals surface area contributed by atoms with Crippen LogP contribution in [0, 0.1) is 5.92 Å². The van der Waals surface area contributed by atoms with Gasteiger partial charge in [-0.25, -0.2) is 8.42 Å². The smallest absolute Gasteiger partial charge is 0.260 e. The molecule has 0 N–H and O–H groups in total. The van der Waals surface area contributed by atoms with Gasteiger partial charge in [0, 0.05) is 31.7 Å². The molecule has 2 fully saturated rings. The minimum atomic E-state index is -3.13. The number of nitrogens with zero attached hydrogens (tertiary/aromatic N) is 2. The number of carbonyl (C=O) groups is 1. The summed E-state index contributed by atoms with van der Waals surface area (Å²) >= 11 is 0. The molecule has 0 bridgehead atoms. The first-order chi connectivity index (χ1) is 12.8. The largest absolute Gasteiger partial charge is 0.497 e. The quantitative estimate of drug-likeness (QED) is 0.715. The van der Waals surface area contributed by atoms with Gasteiger partial charge in [0.25, 0.3) is 5.91 Å². The van der Waals surface area contributed by atoms with Crippen molar-refractivity contribution in [3.05, 3.63) is 24.3 Å². The Labute approximate surface area is 161 Å². The van der Waals surface area contributed by atoms with Crippen molar-refractivity contribution in [3.8, 4) is 11.5 Å². The number of rotatable bonds is 6. The Morgan fingerprint density at radius 1 is 1.19 bits per heavy atom. The van der Waals surface area contributed by atoms with E-state index in [0.717, 1.165) is 6.54 Å². The van der Waals surface area contributed by atoms with E-state index in [1.807, 2.05) is 0 Å². The van der Waals surface area contributed by atoms with Crippen LogP contribution in [0.15, 0.2) is 24.3 Å². The Hall–Kier alpha value is -1.80. The first-order valence-electron chi connectivity index (χ1n) is 9.30. The Balaban J connectivity index is 1.67. The maximum Gasteiger partial charge on any atom is 0.260 e. The number of piperazine rings is 1. The summed E-state index contributed by atoms with van der Waals surface area (Å²) < 4.78 is 35.2. The molecule has 0 saturated carbocycles. The molecular weight excluding hydrogens is 368 g/mol. The molecule has 2 aliphatic heterocycles. The van der Waals surface area contributed by atoms with Crippen LogP contribution in [0.5, 0.6) is 11.5 Å². The molecule has 0 radical (unpaired) electrons. The molecular formula is C19H28N2O5S. The molecule has 2 aliphatic rings. The van der Waals surface area contributed by atoms with Crippen LogP contribution in [-0.4, -0.2) is 81.1 Å². The van der Waals surface area contributed by atoms with E-state index >= 15 is 0 Å². The molecule has 2 saturated heterocycles. The molecule has 1 aromatic carbocycles. The van der Waals surface area contributed by atoms with Crippen LogP contribution < -0.4 is 9.47 Å². The van der Waals surface area contributed by atoms with E-state index in [2.05, 4.69) is 18.7 Å². The summed E-state index contributed by atoms with van der Waals surface area (Å²) in [7, 11) is -1.56. The van der Waals surface area contributed by atoms with Crippen molar-refractivity contribution in [1.29, 1.82) is 0 Å². The third-order valence-corrected chi connectivity index (χ3v) is 6.81. The second-order valence-corrected chi connectivity index (χ2v) is 9.81. The van der Waals surface area contributed by atoms with Gasteiger partial charge in [-0.1, -0.05) is 19.9 Å². The van der Waals surface area contributed by atoms with E-state index in [1.54, 1.807) is 36.3 Å². The number of hydrogen-bond donors (Lipinski definition) is 0. The summed E-state index contributed by atoms with van der Waals surface area (Å²) in [5.74, 6) is 1.66. The van der Waals surface area contributed by atoms with E-state index in [1.165, 1.54) is 0 Å². The van der Waals surface area contributed by atoms with Crippen LogP contribution in [0.4, 0.5) is 0 Å². The predicted octanol–water partition coefficient (Wildman–Crippen LogP) is 1.04. The van der Waals surface area contributed by atoms with E-state index in [0.29, 0.717) is 30.5 Å². The Bertz CT molecular complexity index is 780. The highest BCUT2D eigenvalue weighted by Gasteiger charge is 2.47. The van der Waals surface area contributed by atoms with Gasteiger partial charge in [-0.15, -0.1) is 0 Å². The summed E-state index contributed by atoms with van der Waals surface area (Å²) in [4.78, 5) is 16.7. The Morgan fingerprint density at radius 2 is 1.89 bits per heavy atom. The summed E-state index contributed by atoms with van der Waals surface area (Å²) in [6, 6.07) is 6.67. The van der Waals surface area contributed by atoms with Gasteiger partial charge in [0.15, 0.2) is 16.4 Å². The van der Waals surface area contributed by atoms with Crippen LogP contribution in [0.1, 0.15) is 13.8 Å². The average Bonchev–Trinajstić information content (AvgIpc) is 2.95. The minimum Gasteiger partial charge on any atom is -0.497 e. The molecule has 1 amide bonds. The molecule has 0 aliphatic carbocycles. The highest BCUT2D eigenvalue weighted by Crippen LogP contribution is 2.28. The zero-order valence-electron chi connectivity index (χ0n) is 16.1. The van der Waals surface area contributed by atoms with Crippen molar-refractivity contribution in [1.82, 2.24) is 9.80 Å². The molecule has 27 heavy (non-hydrogen) atoms. The highest BCUT2D eigenvalue weighted by atomic mass is 32.2. The fraction of sp³-hybridized carbons (Fsp3) is 0.632. The molecule has 0 unspecified atom stereocenters. The SMILES string of the molecule is COc1cccc(OCC(=O)N2CCN(CC(C)C)[C@@H]3CS(=O)(=O)C[C@@H]32)c1. The fourth-order valence-electron chi connectivity index (χ4n) is 3.95. The van der Waals surface area contributed by atoms with Gasteiger partial charge in [-0.3, -0.25) is 9.69 Å². The van der Waals surface area contributed by atoms with E-state index < -0.39 is 9.84 Å². The maximum absolute atomic E-state index is 12.8. The molecule has 3 rings (SSSR count). The van der Waals surface area contributed by atoms with Crippen LogP contribution in [0.2, 0.25) is 0 Å². The van der Waals surface area contributed by atoms with Crippen LogP contribution >= 0.6 is 0 Å². The van der Waals surface area contributed by atoms with Crippen molar-refractivity contribution >= 4 is 15.7 Å². The summed E-state index contributed by atoms with van der Waals surface area (Å²) in [6.07, 6.45) is 0. The zero-order chi connectivity index (χ0) is 19.6. The van der Waals surface area contributed by atoms with Crippen molar-refractivity contribution in [2.24, 2.45) is 5.92 Å². The lowest BCUT2D eigenvalue weighted by molar-refractivity contribution is -0.139. The van der Waals surface area contributed by atoms with Crippen LogP contribution in [-0.2, 0) is 14.6 Å².